The van der Waals surface area contributed by atoms with E-state index in [0.717, 1.165) is 11.1 Å². The number of ether oxygens (including phenoxy) is 1. The third kappa shape index (κ3) is 4.71. The van der Waals surface area contributed by atoms with E-state index in [1.807, 2.05) is 30.5 Å². The Kier molecular flexibility index (Phi) is 6.34. The van der Waals surface area contributed by atoms with Crippen LogP contribution >= 0.6 is 22.9 Å². The molecule has 0 atom stereocenters. The van der Waals surface area contributed by atoms with Crippen LogP contribution in [0.2, 0.25) is 5.02 Å². The Morgan fingerprint density at radius 3 is 2.50 bits per heavy atom. The van der Waals surface area contributed by atoms with Gasteiger partial charge in [0, 0.05) is 23.2 Å². The van der Waals surface area contributed by atoms with E-state index >= 15 is 0 Å². The molecule has 1 aromatic heterocycles. The number of halogens is 1. The second kappa shape index (κ2) is 8.91. The molecule has 0 unspecified atom stereocenters. The fourth-order valence-corrected chi connectivity index (χ4v) is 3.37. The molecule has 3 rings (SSSR count). The van der Waals surface area contributed by atoms with Gasteiger partial charge in [0.05, 0.1) is 17.7 Å². The first-order valence-electron chi connectivity index (χ1n) is 8.54. The summed E-state index contributed by atoms with van der Waals surface area (Å²) in [6.07, 6.45) is 0. The third-order valence-electron chi connectivity index (χ3n) is 4.14. The van der Waals surface area contributed by atoms with E-state index in [4.69, 9.17) is 16.3 Å². The first kappa shape index (κ1) is 19.9. The summed E-state index contributed by atoms with van der Waals surface area (Å²) in [4.78, 5) is 25.2. The third-order valence-corrected chi connectivity index (χ3v) is 5.42. The molecule has 2 aromatic carbocycles. The van der Waals surface area contributed by atoms with Crippen molar-refractivity contribution in [3.8, 4) is 5.75 Å². The summed E-state index contributed by atoms with van der Waals surface area (Å²) in [6.45, 7) is 2.25. The van der Waals surface area contributed by atoms with Crippen LogP contribution < -0.4 is 15.4 Å². The molecule has 0 spiro atoms. The number of hydrogen-bond donors (Lipinski definition) is 2. The van der Waals surface area contributed by atoms with Crippen molar-refractivity contribution in [1.82, 2.24) is 5.32 Å². The van der Waals surface area contributed by atoms with E-state index in [1.165, 1.54) is 18.4 Å². The first-order valence-corrected chi connectivity index (χ1v) is 9.80. The quantitative estimate of drug-likeness (QED) is 0.602. The van der Waals surface area contributed by atoms with Gasteiger partial charge in [-0.2, -0.15) is 0 Å². The number of benzene rings is 2. The number of nitrogens with one attached hydrogen (secondary N) is 2. The maximum atomic E-state index is 12.5. The molecular formula is C21H19ClN2O3S. The number of rotatable bonds is 6. The van der Waals surface area contributed by atoms with Gasteiger partial charge in [-0.3, -0.25) is 9.59 Å². The van der Waals surface area contributed by atoms with Crippen LogP contribution in [0, 0.1) is 6.92 Å². The van der Waals surface area contributed by atoms with Gasteiger partial charge in [-0.25, -0.2) is 0 Å². The Bertz CT molecular complexity index is 986. The van der Waals surface area contributed by atoms with Crippen LogP contribution in [-0.4, -0.2) is 18.9 Å². The summed E-state index contributed by atoms with van der Waals surface area (Å²) >= 11 is 7.49. The summed E-state index contributed by atoms with van der Waals surface area (Å²) in [5, 5.41) is 8.14. The number of hydrogen-bond acceptors (Lipinski definition) is 4. The molecule has 0 bridgehead atoms. The number of anilines is 1. The number of methoxy groups -OCH3 is 1. The standard InChI is InChI=1S/C21H19ClN2O3S/c1-13-10-17(18(27-2)11-16(13)22)24-20(25)15-7-5-14(6-8-15)12-23-21(26)19-4-3-9-28-19/h3-11H,12H2,1-2H3,(H,23,26)(H,24,25). The highest BCUT2D eigenvalue weighted by Gasteiger charge is 2.12. The SMILES string of the molecule is COc1cc(Cl)c(C)cc1NC(=O)c1ccc(CNC(=O)c2cccs2)cc1. The Balaban J connectivity index is 1.64. The highest BCUT2D eigenvalue weighted by atomic mass is 35.5. The van der Waals surface area contributed by atoms with Gasteiger partial charge in [-0.15, -0.1) is 11.3 Å². The van der Waals surface area contributed by atoms with Crippen molar-refractivity contribution in [2.45, 2.75) is 13.5 Å². The molecule has 0 aliphatic heterocycles. The van der Waals surface area contributed by atoms with Crippen molar-refractivity contribution in [1.29, 1.82) is 0 Å². The highest BCUT2D eigenvalue weighted by molar-refractivity contribution is 7.12. The summed E-state index contributed by atoms with van der Waals surface area (Å²) in [6, 6.07) is 14.1. The molecule has 2 amide bonds. The molecule has 0 fully saturated rings. The van der Waals surface area contributed by atoms with Gasteiger partial charge in [-0.05, 0) is 47.7 Å². The minimum Gasteiger partial charge on any atom is -0.495 e. The van der Waals surface area contributed by atoms with Crippen LogP contribution in [0.5, 0.6) is 5.75 Å². The number of thiophene rings is 1. The minimum absolute atomic E-state index is 0.109. The van der Waals surface area contributed by atoms with Gasteiger partial charge in [0.25, 0.3) is 11.8 Å². The van der Waals surface area contributed by atoms with Gasteiger partial charge in [0.2, 0.25) is 0 Å². The maximum Gasteiger partial charge on any atom is 0.261 e. The fraction of sp³-hybridized carbons (Fsp3) is 0.143. The van der Waals surface area contributed by atoms with Crippen LogP contribution in [0.25, 0.3) is 0 Å². The molecule has 0 radical (unpaired) electrons. The molecule has 3 aromatic rings. The largest absolute Gasteiger partial charge is 0.495 e. The summed E-state index contributed by atoms with van der Waals surface area (Å²) in [7, 11) is 1.52. The minimum atomic E-state index is -0.255. The molecule has 0 saturated carbocycles. The lowest BCUT2D eigenvalue weighted by Gasteiger charge is -2.12. The van der Waals surface area contributed by atoms with Crippen LogP contribution in [0.1, 0.15) is 31.2 Å². The number of carbonyl (C=O) groups excluding carboxylic acids is 2. The molecule has 0 aliphatic carbocycles. The summed E-state index contributed by atoms with van der Waals surface area (Å²) in [5.41, 5.74) is 2.81. The molecule has 5 nitrogen and oxygen atoms in total. The van der Waals surface area contributed by atoms with E-state index < -0.39 is 0 Å². The van der Waals surface area contributed by atoms with Crippen molar-refractivity contribution < 1.29 is 14.3 Å². The second-order valence-electron chi connectivity index (χ2n) is 6.11. The maximum absolute atomic E-state index is 12.5. The zero-order chi connectivity index (χ0) is 20.1. The molecule has 0 saturated heterocycles. The average molecular weight is 415 g/mol. The van der Waals surface area contributed by atoms with Gasteiger partial charge in [0.1, 0.15) is 5.75 Å². The Morgan fingerprint density at radius 2 is 1.86 bits per heavy atom. The van der Waals surface area contributed by atoms with Gasteiger partial charge in [0.15, 0.2) is 0 Å². The molecule has 144 valence electrons. The van der Waals surface area contributed by atoms with Gasteiger partial charge < -0.3 is 15.4 Å². The van der Waals surface area contributed by atoms with Crippen LogP contribution in [0.3, 0.4) is 0 Å². The van der Waals surface area contributed by atoms with Crippen molar-refractivity contribution in [3.05, 3.63) is 80.5 Å². The average Bonchev–Trinajstić information content (AvgIpc) is 3.24. The fourth-order valence-electron chi connectivity index (χ4n) is 2.58. The second-order valence-corrected chi connectivity index (χ2v) is 7.47. The molecule has 2 N–H and O–H groups in total. The zero-order valence-electron chi connectivity index (χ0n) is 15.4. The molecular weight excluding hydrogens is 396 g/mol. The van der Waals surface area contributed by atoms with Gasteiger partial charge >= 0.3 is 0 Å². The Labute approximate surface area is 172 Å². The topological polar surface area (TPSA) is 67.4 Å². The van der Waals surface area contributed by atoms with E-state index in [2.05, 4.69) is 10.6 Å². The summed E-state index contributed by atoms with van der Waals surface area (Å²) in [5.74, 6) is 0.132. The van der Waals surface area contributed by atoms with Crippen molar-refractivity contribution in [2.75, 3.05) is 12.4 Å². The molecule has 0 aliphatic rings. The zero-order valence-corrected chi connectivity index (χ0v) is 17.0. The number of aryl methyl sites for hydroxylation is 1. The Morgan fingerprint density at radius 1 is 1.11 bits per heavy atom. The van der Waals surface area contributed by atoms with Crippen LogP contribution in [0.15, 0.2) is 53.9 Å². The van der Waals surface area contributed by atoms with E-state index in [0.29, 0.717) is 33.4 Å². The number of amides is 2. The van der Waals surface area contributed by atoms with Crippen molar-refractivity contribution in [3.63, 3.8) is 0 Å². The van der Waals surface area contributed by atoms with Crippen LogP contribution in [-0.2, 0) is 6.54 Å². The normalized spacial score (nSPS) is 10.4. The lowest BCUT2D eigenvalue weighted by atomic mass is 10.1. The molecule has 7 heteroatoms. The van der Waals surface area contributed by atoms with E-state index in [1.54, 1.807) is 30.3 Å². The van der Waals surface area contributed by atoms with Crippen molar-refractivity contribution in [2.24, 2.45) is 0 Å². The molecule has 28 heavy (non-hydrogen) atoms. The highest BCUT2D eigenvalue weighted by Crippen LogP contribution is 2.31. The number of carbonyl (C=O) groups is 2. The monoisotopic (exact) mass is 414 g/mol. The Hall–Kier alpha value is -2.83. The van der Waals surface area contributed by atoms with Gasteiger partial charge in [-0.1, -0.05) is 29.8 Å². The van der Waals surface area contributed by atoms with E-state index in [-0.39, 0.29) is 11.8 Å². The predicted octanol–water partition coefficient (Wildman–Crippen LogP) is 4.90. The predicted molar refractivity (Wildman–Crippen MR) is 113 cm³/mol. The van der Waals surface area contributed by atoms with Crippen molar-refractivity contribution >= 4 is 40.4 Å². The lowest BCUT2D eigenvalue weighted by Crippen LogP contribution is -2.21. The lowest BCUT2D eigenvalue weighted by molar-refractivity contribution is 0.0953. The smallest absolute Gasteiger partial charge is 0.261 e. The van der Waals surface area contributed by atoms with E-state index in [9.17, 15) is 9.59 Å². The molecule has 1 heterocycles. The summed E-state index contributed by atoms with van der Waals surface area (Å²) < 4.78 is 5.28. The van der Waals surface area contributed by atoms with Crippen LogP contribution in [0.4, 0.5) is 5.69 Å². The first-order chi connectivity index (χ1) is 13.5.